The van der Waals surface area contributed by atoms with Gasteiger partial charge in [-0.25, -0.2) is 4.79 Å². The first-order valence-electron chi connectivity index (χ1n) is 7.06. The second kappa shape index (κ2) is 10.00. The summed E-state index contributed by atoms with van der Waals surface area (Å²) in [6.07, 6.45) is 0. The molecule has 1 heterocycles. The maximum Gasteiger partial charge on any atom is 0.320 e. The molecule has 0 bridgehead atoms. The quantitative estimate of drug-likeness (QED) is 0.523. The first-order valence-corrected chi connectivity index (χ1v) is 7.06. The van der Waals surface area contributed by atoms with Crippen LogP contribution >= 0.6 is 0 Å². The van der Waals surface area contributed by atoms with Crippen LogP contribution in [0, 0.1) is 0 Å². The summed E-state index contributed by atoms with van der Waals surface area (Å²) in [6.45, 7) is 10.6. The molecule has 1 aliphatic rings. The third-order valence-electron chi connectivity index (χ3n) is 2.97. The molecule has 0 saturated carbocycles. The molecule has 0 aromatic rings. The van der Waals surface area contributed by atoms with Crippen molar-refractivity contribution in [3.05, 3.63) is 0 Å². The molecule has 0 aliphatic carbocycles. The molecule has 0 aromatic heterocycles. The predicted molar refractivity (Wildman–Crippen MR) is 72.3 cm³/mol. The number of rotatable bonds is 11. The summed E-state index contributed by atoms with van der Waals surface area (Å²) < 4.78 is 15.9. The minimum absolute atomic E-state index is 0.0908. The van der Waals surface area contributed by atoms with Gasteiger partial charge in [0.05, 0.1) is 26.4 Å². The average molecular weight is 274 g/mol. The van der Waals surface area contributed by atoms with E-state index in [4.69, 9.17) is 14.2 Å². The van der Waals surface area contributed by atoms with E-state index in [1.807, 2.05) is 23.6 Å². The molecular formula is C13H26N2O4. The molecule has 0 unspecified atom stereocenters. The van der Waals surface area contributed by atoms with Gasteiger partial charge in [-0.3, -0.25) is 0 Å². The van der Waals surface area contributed by atoms with Crippen molar-refractivity contribution < 1.29 is 19.0 Å². The van der Waals surface area contributed by atoms with Crippen LogP contribution in [0.4, 0.5) is 4.79 Å². The Morgan fingerprint density at radius 2 is 1.32 bits per heavy atom. The summed E-state index contributed by atoms with van der Waals surface area (Å²) in [5.41, 5.74) is 0. The number of carbonyl (C=O) groups is 1. The lowest BCUT2D eigenvalue weighted by Crippen LogP contribution is -2.35. The fourth-order valence-corrected chi connectivity index (χ4v) is 1.91. The molecule has 1 saturated heterocycles. The lowest BCUT2D eigenvalue weighted by atomic mass is 10.5. The van der Waals surface area contributed by atoms with Crippen molar-refractivity contribution >= 4 is 6.03 Å². The fourth-order valence-electron chi connectivity index (χ4n) is 1.91. The lowest BCUT2D eigenvalue weighted by Gasteiger charge is -2.18. The summed E-state index contributed by atoms with van der Waals surface area (Å²) in [7, 11) is 0. The van der Waals surface area contributed by atoms with Gasteiger partial charge in [0.25, 0.3) is 0 Å². The van der Waals surface area contributed by atoms with Gasteiger partial charge in [0, 0.05) is 39.4 Å². The van der Waals surface area contributed by atoms with Gasteiger partial charge in [0.2, 0.25) is 0 Å². The number of amides is 2. The highest BCUT2D eigenvalue weighted by atomic mass is 16.5. The van der Waals surface area contributed by atoms with E-state index in [0.29, 0.717) is 52.7 Å². The molecule has 1 aliphatic heterocycles. The Labute approximate surface area is 115 Å². The summed E-state index contributed by atoms with van der Waals surface area (Å²) in [5, 5.41) is 0. The van der Waals surface area contributed by atoms with Crippen LogP contribution in [0.5, 0.6) is 0 Å². The molecule has 0 atom stereocenters. The maximum absolute atomic E-state index is 12.0. The van der Waals surface area contributed by atoms with Crippen molar-refractivity contribution in [2.45, 2.75) is 13.8 Å². The van der Waals surface area contributed by atoms with Gasteiger partial charge in [-0.05, 0) is 13.8 Å². The molecule has 1 fully saturated rings. The second-order valence-electron chi connectivity index (χ2n) is 4.26. The summed E-state index contributed by atoms with van der Waals surface area (Å²) in [5.74, 6) is 0. The van der Waals surface area contributed by atoms with Gasteiger partial charge in [-0.15, -0.1) is 0 Å². The van der Waals surface area contributed by atoms with Crippen LogP contribution < -0.4 is 0 Å². The third kappa shape index (κ3) is 6.22. The minimum Gasteiger partial charge on any atom is -0.380 e. The summed E-state index contributed by atoms with van der Waals surface area (Å²) >= 11 is 0. The first kappa shape index (κ1) is 16.2. The Balaban J connectivity index is 2.07. The summed E-state index contributed by atoms with van der Waals surface area (Å²) in [4.78, 5) is 15.6. The van der Waals surface area contributed by atoms with Crippen molar-refractivity contribution in [1.29, 1.82) is 0 Å². The van der Waals surface area contributed by atoms with Crippen molar-refractivity contribution in [2.24, 2.45) is 0 Å². The van der Waals surface area contributed by atoms with Gasteiger partial charge in [-0.2, -0.15) is 0 Å². The van der Waals surface area contributed by atoms with Crippen LogP contribution in [0.25, 0.3) is 0 Å². The monoisotopic (exact) mass is 274 g/mol. The largest absolute Gasteiger partial charge is 0.380 e. The Hall–Kier alpha value is -0.850. The Morgan fingerprint density at radius 1 is 0.842 bits per heavy atom. The van der Waals surface area contributed by atoms with Crippen LogP contribution in [-0.4, -0.2) is 81.7 Å². The van der Waals surface area contributed by atoms with Crippen LogP contribution in [0.15, 0.2) is 0 Å². The molecule has 2 amide bonds. The standard InChI is InChI=1S/C13H26N2O4/c1-3-17-9-7-14-5-6-15(13(14)16)8-10-19-12-11-18-4-2/h3-12H2,1-2H3. The number of hydrogen-bond acceptors (Lipinski definition) is 4. The summed E-state index contributed by atoms with van der Waals surface area (Å²) in [6, 6.07) is 0.0908. The highest BCUT2D eigenvalue weighted by molar-refractivity contribution is 5.76. The topological polar surface area (TPSA) is 51.2 Å². The highest BCUT2D eigenvalue weighted by Crippen LogP contribution is 2.07. The van der Waals surface area contributed by atoms with Crippen molar-refractivity contribution in [1.82, 2.24) is 9.80 Å². The van der Waals surface area contributed by atoms with Crippen LogP contribution in [0.3, 0.4) is 0 Å². The molecule has 112 valence electrons. The Morgan fingerprint density at radius 3 is 1.89 bits per heavy atom. The van der Waals surface area contributed by atoms with Crippen LogP contribution in [0.2, 0.25) is 0 Å². The Kier molecular flexibility index (Phi) is 8.53. The van der Waals surface area contributed by atoms with E-state index in [1.165, 1.54) is 0 Å². The second-order valence-corrected chi connectivity index (χ2v) is 4.26. The number of nitrogens with zero attached hydrogens (tertiary/aromatic N) is 2. The third-order valence-corrected chi connectivity index (χ3v) is 2.97. The number of urea groups is 1. The molecule has 6 heteroatoms. The van der Waals surface area contributed by atoms with Crippen LogP contribution in [0.1, 0.15) is 13.8 Å². The molecule has 0 aromatic carbocycles. The molecule has 19 heavy (non-hydrogen) atoms. The first-order chi connectivity index (χ1) is 9.29. The predicted octanol–water partition coefficient (Wildman–Crippen LogP) is 0.814. The number of carbonyl (C=O) groups excluding carboxylic acids is 1. The fraction of sp³-hybridized carbons (Fsp3) is 0.923. The zero-order valence-electron chi connectivity index (χ0n) is 12.1. The van der Waals surface area contributed by atoms with E-state index >= 15 is 0 Å². The average Bonchev–Trinajstić information content (AvgIpc) is 2.76. The Bertz CT molecular complexity index is 251. The number of hydrogen-bond donors (Lipinski definition) is 0. The van der Waals surface area contributed by atoms with Gasteiger partial charge in [-0.1, -0.05) is 0 Å². The zero-order valence-corrected chi connectivity index (χ0v) is 12.1. The minimum atomic E-state index is 0.0908. The molecule has 6 nitrogen and oxygen atoms in total. The van der Waals surface area contributed by atoms with Gasteiger partial charge in [0.15, 0.2) is 0 Å². The van der Waals surface area contributed by atoms with Gasteiger partial charge < -0.3 is 24.0 Å². The molecule has 1 rings (SSSR count). The van der Waals surface area contributed by atoms with E-state index in [0.717, 1.165) is 13.1 Å². The smallest absolute Gasteiger partial charge is 0.320 e. The lowest BCUT2D eigenvalue weighted by molar-refractivity contribution is 0.0472. The molecular weight excluding hydrogens is 248 g/mol. The number of ether oxygens (including phenoxy) is 3. The highest BCUT2D eigenvalue weighted by Gasteiger charge is 2.27. The maximum atomic E-state index is 12.0. The normalized spacial score (nSPS) is 15.6. The van der Waals surface area contributed by atoms with Gasteiger partial charge in [0.1, 0.15) is 0 Å². The van der Waals surface area contributed by atoms with E-state index in [2.05, 4.69) is 0 Å². The van der Waals surface area contributed by atoms with Crippen molar-refractivity contribution in [3.8, 4) is 0 Å². The van der Waals surface area contributed by atoms with Crippen LogP contribution in [-0.2, 0) is 14.2 Å². The van der Waals surface area contributed by atoms with E-state index in [1.54, 1.807) is 0 Å². The van der Waals surface area contributed by atoms with Crippen molar-refractivity contribution in [3.63, 3.8) is 0 Å². The van der Waals surface area contributed by atoms with Crippen molar-refractivity contribution in [2.75, 3.05) is 65.8 Å². The zero-order chi connectivity index (χ0) is 13.9. The van der Waals surface area contributed by atoms with E-state index < -0.39 is 0 Å². The molecule has 0 radical (unpaired) electrons. The van der Waals surface area contributed by atoms with E-state index in [9.17, 15) is 4.79 Å². The molecule has 0 N–H and O–H groups in total. The van der Waals surface area contributed by atoms with E-state index in [-0.39, 0.29) is 6.03 Å². The molecule has 0 spiro atoms. The van der Waals surface area contributed by atoms with Gasteiger partial charge >= 0.3 is 6.03 Å². The SMILES string of the molecule is CCOCCOCCN1CCN(CCOCC)C1=O.